The highest BCUT2D eigenvalue weighted by molar-refractivity contribution is 4.94. The zero-order chi connectivity index (χ0) is 11.5. The van der Waals surface area contributed by atoms with E-state index in [1.165, 1.54) is 51.4 Å². The molecule has 0 atom stereocenters. The Bertz CT molecular complexity index is 348. The van der Waals surface area contributed by atoms with Gasteiger partial charge in [-0.15, -0.1) is 10.2 Å². The second kappa shape index (κ2) is 5.17. The van der Waals surface area contributed by atoms with Crippen molar-refractivity contribution in [3.8, 4) is 0 Å². The number of hydrogen-bond acceptors (Lipinski definition) is 3. The third kappa shape index (κ3) is 2.86. The molecular formula is C13H22N4. The minimum atomic E-state index is 0.691. The number of hydrogen-bond donors (Lipinski definition) is 1. The van der Waals surface area contributed by atoms with Gasteiger partial charge in [0.15, 0.2) is 0 Å². The van der Waals surface area contributed by atoms with Gasteiger partial charge in [0.2, 0.25) is 0 Å². The summed E-state index contributed by atoms with van der Waals surface area (Å²) in [4.78, 5) is 0. The zero-order valence-electron chi connectivity index (χ0n) is 10.4. The molecule has 0 spiro atoms. The van der Waals surface area contributed by atoms with Gasteiger partial charge in [-0.25, -0.2) is 0 Å². The summed E-state index contributed by atoms with van der Waals surface area (Å²) >= 11 is 0. The molecule has 94 valence electrons. The van der Waals surface area contributed by atoms with Crippen LogP contribution in [0.3, 0.4) is 0 Å². The van der Waals surface area contributed by atoms with E-state index in [2.05, 4.69) is 20.1 Å². The third-order valence-electron chi connectivity index (χ3n) is 3.99. The fraction of sp³-hybridized carbons (Fsp3) is 0.846. The normalized spacial score (nSPS) is 22.6. The van der Waals surface area contributed by atoms with Crippen molar-refractivity contribution in [2.75, 3.05) is 0 Å². The second-order valence-electron chi connectivity index (χ2n) is 5.45. The van der Waals surface area contributed by atoms with Crippen LogP contribution in [-0.4, -0.2) is 20.8 Å². The van der Waals surface area contributed by atoms with Crippen molar-refractivity contribution < 1.29 is 0 Å². The van der Waals surface area contributed by atoms with Crippen LogP contribution >= 0.6 is 0 Å². The molecule has 0 bridgehead atoms. The highest BCUT2D eigenvalue weighted by Crippen LogP contribution is 2.35. The molecule has 17 heavy (non-hydrogen) atoms. The number of nitrogens with one attached hydrogen (secondary N) is 1. The van der Waals surface area contributed by atoms with Gasteiger partial charge in [-0.1, -0.05) is 25.7 Å². The van der Waals surface area contributed by atoms with Crippen molar-refractivity contribution in [1.82, 2.24) is 20.1 Å². The Morgan fingerprint density at radius 1 is 1.12 bits per heavy atom. The first-order chi connectivity index (χ1) is 8.43. The lowest BCUT2D eigenvalue weighted by Gasteiger charge is -2.16. The Balaban J connectivity index is 1.53. The van der Waals surface area contributed by atoms with E-state index in [-0.39, 0.29) is 0 Å². The van der Waals surface area contributed by atoms with Gasteiger partial charge in [0, 0.05) is 12.1 Å². The Hall–Kier alpha value is -0.900. The van der Waals surface area contributed by atoms with Crippen LogP contribution in [0.2, 0.25) is 0 Å². The van der Waals surface area contributed by atoms with E-state index in [1.54, 1.807) is 0 Å². The van der Waals surface area contributed by atoms with Crippen LogP contribution in [0.15, 0.2) is 6.33 Å². The van der Waals surface area contributed by atoms with Crippen molar-refractivity contribution >= 4 is 0 Å². The Kier molecular flexibility index (Phi) is 3.41. The molecule has 1 N–H and O–H groups in total. The minimum absolute atomic E-state index is 0.691. The molecule has 0 radical (unpaired) electrons. The van der Waals surface area contributed by atoms with Crippen molar-refractivity contribution in [2.24, 2.45) is 0 Å². The van der Waals surface area contributed by atoms with Crippen LogP contribution in [-0.2, 0) is 6.54 Å². The molecular weight excluding hydrogens is 212 g/mol. The quantitative estimate of drug-likeness (QED) is 0.814. The molecule has 4 nitrogen and oxygen atoms in total. The van der Waals surface area contributed by atoms with Crippen LogP contribution < -0.4 is 5.32 Å². The van der Waals surface area contributed by atoms with Crippen LogP contribution in [0.4, 0.5) is 0 Å². The summed E-state index contributed by atoms with van der Waals surface area (Å²) in [5, 5.41) is 11.9. The molecule has 0 unspecified atom stereocenters. The molecule has 2 saturated carbocycles. The van der Waals surface area contributed by atoms with Gasteiger partial charge in [0.25, 0.3) is 0 Å². The van der Waals surface area contributed by atoms with Gasteiger partial charge < -0.3 is 9.88 Å². The summed E-state index contributed by atoms with van der Waals surface area (Å²) in [6.07, 6.45) is 12.7. The largest absolute Gasteiger partial charge is 0.313 e. The summed E-state index contributed by atoms with van der Waals surface area (Å²) < 4.78 is 2.25. The smallest absolute Gasteiger partial charge is 0.147 e. The highest BCUT2D eigenvalue weighted by atomic mass is 15.3. The van der Waals surface area contributed by atoms with Crippen LogP contribution in [0, 0.1) is 0 Å². The molecule has 0 aliphatic heterocycles. The average Bonchev–Trinajstić information content (AvgIpc) is 3.13. The van der Waals surface area contributed by atoms with E-state index >= 15 is 0 Å². The summed E-state index contributed by atoms with van der Waals surface area (Å²) in [6, 6.07) is 1.39. The van der Waals surface area contributed by atoms with Crippen molar-refractivity contribution in [1.29, 1.82) is 0 Å². The molecule has 0 amide bonds. The summed E-state index contributed by atoms with van der Waals surface area (Å²) in [5.41, 5.74) is 0. The molecule has 2 aliphatic carbocycles. The van der Waals surface area contributed by atoms with Gasteiger partial charge in [0.05, 0.1) is 6.54 Å². The standard InChI is InChI=1S/C13H22N4/c1-2-4-6-11(5-3-1)14-9-13-16-15-10-17(13)12-7-8-12/h10-12,14H,1-9H2. The van der Waals surface area contributed by atoms with Crippen LogP contribution in [0.25, 0.3) is 0 Å². The minimum Gasteiger partial charge on any atom is -0.313 e. The number of rotatable bonds is 4. The first-order valence-corrected chi connectivity index (χ1v) is 7.05. The summed E-state index contributed by atoms with van der Waals surface area (Å²) in [7, 11) is 0. The molecule has 4 heteroatoms. The lowest BCUT2D eigenvalue weighted by molar-refractivity contribution is 0.445. The van der Waals surface area contributed by atoms with Gasteiger partial charge in [-0.2, -0.15) is 0 Å². The van der Waals surface area contributed by atoms with E-state index in [1.807, 2.05) is 6.33 Å². The molecule has 2 aliphatic rings. The van der Waals surface area contributed by atoms with Crippen molar-refractivity contribution in [3.05, 3.63) is 12.2 Å². The van der Waals surface area contributed by atoms with E-state index in [0.29, 0.717) is 12.1 Å². The molecule has 3 rings (SSSR count). The Labute approximate surface area is 103 Å². The van der Waals surface area contributed by atoms with Gasteiger partial charge in [-0.05, 0) is 25.7 Å². The molecule has 0 saturated heterocycles. The predicted octanol–water partition coefficient (Wildman–Crippen LogP) is 2.43. The predicted molar refractivity (Wildman–Crippen MR) is 66.6 cm³/mol. The zero-order valence-corrected chi connectivity index (χ0v) is 10.4. The maximum Gasteiger partial charge on any atom is 0.147 e. The maximum atomic E-state index is 4.24. The fourth-order valence-electron chi connectivity index (χ4n) is 2.77. The van der Waals surface area contributed by atoms with Crippen molar-refractivity contribution in [3.63, 3.8) is 0 Å². The van der Waals surface area contributed by atoms with Gasteiger partial charge in [0.1, 0.15) is 12.2 Å². The lowest BCUT2D eigenvalue weighted by Crippen LogP contribution is -2.29. The molecule has 1 aromatic rings. The van der Waals surface area contributed by atoms with E-state index < -0.39 is 0 Å². The fourth-order valence-corrected chi connectivity index (χ4v) is 2.77. The monoisotopic (exact) mass is 234 g/mol. The Morgan fingerprint density at radius 2 is 1.88 bits per heavy atom. The van der Waals surface area contributed by atoms with E-state index in [4.69, 9.17) is 0 Å². The first kappa shape index (κ1) is 11.2. The molecule has 1 aromatic heterocycles. The summed E-state index contributed by atoms with van der Waals surface area (Å²) in [6.45, 7) is 0.890. The lowest BCUT2D eigenvalue weighted by atomic mass is 10.1. The van der Waals surface area contributed by atoms with Crippen molar-refractivity contribution in [2.45, 2.75) is 70.0 Å². The van der Waals surface area contributed by atoms with E-state index in [0.717, 1.165) is 12.4 Å². The van der Waals surface area contributed by atoms with E-state index in [9.17, 15) is 0 Å². The first-order valence-electron chi connectivity index (χ1n) is 7.05. The van der Waals surface area contributed by atoms with Gasteiger partial charge >= 0.3 is 0 Å². The van der Waals surface area contributed by atoms with Crippen LogP contribution in [0.5, 0.6) is 0 Å². The van der Waals surface area contributed by atoms with Crippen LogP contribution in [0.1, 0.15) is 63.2 Å². The average molecular weight is 234 g/mol. The Morgan fingerprint density at radius 3 is 2.59 bits per heavy atom. The van der Waals surface area contributed by atoms with Gasteiger partial charge in [-0.3, -0.25) is 0 Å². The SMILES string of the molecule is c1nnc(CNC2CCCCCC2)n1C1CC1. The topological polar surface area (TPSA) is 42.7 Å². The third-order valence-corrected chi connectivity index (χ3v) is 3.99. The second-order valence-corrected chi connectivity index (χ2v) is 5.45. The molecule has 0 aromatic carbocycles. The molecule has 2 fully saturated rings. The summed E-state index contributed by atoms with van der Waals surface area (Å²) in [5.74, 6) is 1.12. The highest BCUT2D eigenvalue weighted by Gasteiger charge is 2.26. The number of nitrogens with zero attached hydrogens (tertiary/aromatic N) is 3. The maximum absolute atomic E-state index is 4.24. The number of aromatic nitrogens is 3. The molecule has 1 heterocycles.